The molecule has 1 heterocycles. The third kappa shape index (κ3) is 2.58. The average molecular weight is 219 g/mol. The van der Waals surface area contributed by atoms with Crippen LogP contribution in [-0.4, -0.2) is 35.4 Å². The molecule has 0 spiro atoms. The van der Waals surface area contributed by atoms with Crippen LogP contribution >= 0.6 is 0 Å². The molecule has 0 aromatic carbocycles. The topological polar surface area (TPSA) is 59.2 Å². The van der Waals surface area contributed by atoms with E-state index in [0.29, 0.717) is 0 Å². The van der Waals surface area contributed by atoms with Gasteiger partial charge in [-0.15, -0.1) is 0 Å². The zero-order valence-corrected chi connectivity index (χ0v) is 9.47. The fourth-order valence-corrected chi connectivity index (χ4v) is 1.74. The number of nitrogens with two attached hydrogens (primary N) is 1. The van der Waals surface area contributed by atoms with Crippen LogP contribution in [0.15, 0.2) is 24.5 Å². The predicted octanol–water partition coefficient (Wildman–Crippen LogP) is 0.430. The van der Waals surface area contributed by atoms with Gasteiger partial charge in [-0.1, -0.05) is 0 Å². The van der Waals surface area contributed by atoms with Gasteiger partial charge in [-0.25, -0.2) is 0 Å². The van der Waals surface area contributed by atoms with Crippen LogP contribution in [0, 0.1) is 5.92 Å². The van der Waals surface area contributed by atoms with Crippen LogP contribution in [0.5, 0.6) is 0 Å². The third-order valence-electron chi connectivity index (χ3n) is 3.02. The molecule has 1 amide bonds. The first-order chi connectivity index (χ1) is 7.68. The van der Waals surface area contributed by atoms with E-state index in [1.165, 1.54) is 5.56 Å². The van der Waals surface area contributed by atoms with Crippen LogP contribution in [0.1, 0.15) is 12.0 Å². The first kappa shape index (κ1) is 11.1. The molecule has 0 saturated heterocycles. The maximum Gasteiger partial charge on any atom is 0.227 e. The second-order valence-electron chi connectivity index (χ2n) is 4.37. The first-order valence-electron chi connectivity index (χ1n) is 5.58. The molecule has 2 N–H and O–H groups in total. The summed E-state index contributed by atoms with van der Waals surface area (Å²) >= 11 is 0. The fourth-order valence-electron chi connectivity index (χ4n) is 1.74. The lowest BCUT2D eigenvalue weighted by molar-refractivity contribution is -0.131. The van der Waals surface area contributed by atoms with E-state index in [2.05, 4.69) is 4.98 Å². The van der Waals surface area contributed by atoms with Crippen molar-refractivity contribution in [1.29, 1.82) is 0 Å². The zero-order chi connectivity index (χ0) is 11.5. The zero-order valence-electron chi connectivity index (χ0n) is 9.47. The standard InChI is InChI=1S/C12H17N3O/c1-15(12(16)10-8-11(10)13)7-4-9-2-5-14-6-3-9/h2-3,5-6,10-11H,4,7-8,13H2,1H3. The molecule has 86 valence electrons. The Kier molecular flexibility index (Phi) is 3.19. The van der Waals surface area contributed by atoms with E-state index in [1.54, 1.807) is 17.3 Å². The Bertz CT molecular complexity index is 366. The van der Waals surface area contributed by atoms with Crippen molar-refractivity contribution in [3.63, 3.8) is 0 Å². The number of nitrogens with zero attached hydrogens (tertiary/aromatic N) is 2. The minimum absolute atomic E-state index is 0.0717. The quantitative estimate of drug-likeness (QED) is 0.799. The van der Waals surface area contributed by atoms with Crippen LogP contribution in [0.3, 0.4) is 0 Å². The summed E-state index contributed by atoms with van der Waals surface area (Å²) in [6.07, 6.45) is 5.26. The van der Waals surface area contributed by atoms with E-state index in [0.717, 1.165) is 19.4 Å². The van der Waals surface area contributed by atoms with Crippen LogP contribution in [0.2, 0.25) is 0 Å². The summed E-state index contributed by atoms with van der Waals surface area (Å²) in [7, 11) is 1.84. The maximum absolute atomic E-state index is 11.8. The molecule has 1 aromatic heterocycles. The Morgan fingerprint density at radius 1 is 1.56 bits per heavy atom. The van der Waals surface area contributed by atoms with E-state index in [9.17, 15) is 4.79 Å². The molecule has 0 bridgehead atoms. The number of pyridine rings is 1. The predicted molar refractivity (Wildman–Crippen MR) is 61.7 cm³/mol. The van der Waals surface area contributed by atoms with E-state index >= 15 is 0 Å². The highest BCUT2D eigenvalue weighted by molar-refractivity contribution is 5.82. The SMILES string of the molecule is CN(CCc1ccncc1)C(=O)C1CC1N. The van der Waals surface area contributed by atoms with E-state index in [1.807, 2.05) is 19.2 Å². The maximum atomic E-state index is 11.8. The molecular weight excluding hydrogens is 202 g/mol. The summed E-state index contributed by atoms with van der Waals surface area (Å²) in [4.78, 5) is 17.5. The van der Waals surface area contributed by atoms with Gasteiger partial charge in [0.25, 0.3) is 0 Å². The molecule has 0 radical (unpaired) electrons. The van der Waals surface area contributed by atoms with Crippen molar-refractivity contribution < 1.29 is 4.79 Å². The number of aromatic nitrogens is 1. The molecule has 1 aromatic rings. The first-order valence-corrected chi connectivity index (χ1v) is 5.58. The van der Waals surface area contributed by atoms with Crippen molar-refractivity contribution >= 4 is 5.91 Å². The largest absolute Gasteiger partial charge is 0.345 e. The van der Waals surface area contributed by atoms with Gasteiger partial charge in [-0.2, -0.15) is 0 Å². The van der Waals surface area contributed by atoms with Gasteiger partial charge in [0.2, 0.25) is 5.91 Å². The Morgan fingerprint density at radius 3 is 2.75 bits per heavy atom. The van der Waals surface area contributed by atoms with Gasteiger partial charge >= 0.3 is 0 Å². The normalized spacial score (nSPS) is 22.9. The summed E-state index contributed by atoms with van der Waals surface area (Å²) in [6, 6.07) is 4.04. The number of amides is 1. The molecule has 2 unspecified atom stereocenters. The van der Waals surface area contributed by atoms with Crippen molar-refractivity contribution in [3.05, 3.63) is 30.1 Å². The van der Waals surface area contributed by atoms with Crippen LogP contribution < -0.4 is 5.73 Å². The van der Waals surface area contributed by atoms with Gasteiger partial charge in [0.05, 0.1) is 5.92 Å². The molecular formula is C12H17N3O. The lowest BCUT2D eigenvalue weighted by Gasteiger charge is -2.16. The molecule has 1 aliphatic rings. The van der Waals surface area contributed by atoms with Crippen molar-refractivity contribution in [3.8, 4) is 0 Å². The Balaban J connectivity index is 1.80. The van der Waals surface area contributed by atoms with Gasteiger partial charge < -0.3 is 10.6 Å². The number of rotatable bonds is 4. The average Bonchev–Trinajstić information content (AvgIpc) is 3.03. The summed E-state index contributed by atoms with van der Waals surface area (Å²) in [6.45, 7) is 0.742. The van der Waals surface area contributed by atoms with E-state index in [4.69, 9.17) is 5.73 Å². The third-order valence-corrected chi connectivity index (χ3v) is 3.02. The molecule has 2 atom stereocenters. The van der Waals surface area contributed by atoms with Crippen molar-refractivity contribution in [2.24, 2.45) is 11.7 Å². The number of carbonyl (C=O) groups excluding carboxylic acids is 1. The molecule has 1 aliphatic carbocycles. The Hall–Kier alpha value is -1.42. The second kappa shape index (κ2) is 4.61. The number of hydrogen-bond donors (Lipinski definition) is 1. The highest BCUT2D eigenvalue weighted by Crippen LogP contribution is 2.29. The van der Waals surface area contributed by atoms with Crippen molar-refractivity contribution in [1.82, 2.24) is 9.88 Å². The van der Waals surface area contributed by atoms with Gasteiger partial charge in [0.15, 0.2) is 0 Å². The molecule has 16 heavy (non-hydrogen) atoms. The Morgan fingerprint density at radius 2 is 2.19 bits per heavy atom. The summed E-state index contributed by atoms with van der Waals surface area (Å²) in [5.74, 6) is 0.254. The highest BCUT2D eigenvalue weighted by Gasteiger charge is 2.41. The number of carbonyl (C=O) groups is 1. The summed E-state index contributed by atoms with van der Waals surface area (Å²) in [5.41, 5.74) is 6.86. The van der Waals surface area contributed by atoms with Crippen molar-refractivity contribution in [2.45, 2.75) is 18.9 Å². The molecule has 0 aliphatic heterocycles. The minimum atomic E-state index is 0.0717. The lowest BCUT2D eigenvalue weighted by Crippen LogP contribution is -2.31. The monoisotopic (exact) mass is 219 g/mol. The molecule has 1 fully saturated rings. The summed E-state index contributed by atoms with van der Waals surface area (Å²) < 4.78 is 0. The molecule has 1 saturated carbocycles. The number of hydrogen-bond acceptors (Lipinski definition) is 3. The van der Waals surface area contributed by atoms with E-state index < -0.39 is 0 Å². The molecule has 4 heteroatoms. The minimum Gasteiger partial charge on any atom is -0.345 e. The van der Waals surface area contributed by atoms with Crippen LogP contribution in [0.4, 0.5) is 0 Å². The van der Waals surface area contributed by atoms with E-state index in [-0.39, 0.29) is 17.9 Å². The number of likely N-dealkylation sites (N-methyl/N-ethyl adjacent to an activating group) is 1. The van der Waals surface area contributed by atoms with Crippen LogP contribution in [-0.2, 0) is 11.2 Å². The van der Waals surface area contributed by atoms with Gasteiger partial charge in [0.1, 0.15) is 0 Å². The van der Waals surface area contributed by atoms with Crippen molar-refractivity contribution in [2.75, 3.05) is 13.6 Å². The second-order valence-corrected chi connectivity index (χ2v) is 4.37. The molecule has 4 nitrogen and oxygen atoms in total. The fraction of sp³-hybridized carbons (Fsp3) is 0.500. The molecule has 2 rings (SSSR count). The van der Waals surface area contributed by atoms with Gasteiger partial charge in [0, 0.05) is 32.0 Å². The van der Waals surface area contributed by atoms with Crippen LogP contribution in [0.25, 0.3) is 0 Å². The summed E-state index contributed by atoms with van der Waals surface area (Å²) in [5, 5.41) is 0. The highest BCUT2D eigenvalue weighted by atomic mass is 16.2. The lowest BCUT2D eigenvalue weighted by atomic mass is 10.2. The smallest absolute Gasteiger partial charge is 0.227 e. The van der Waals surface area contributed by atoms with Gasteiger partial charge in [-0.3, -0.25) is 9.78 Å². The Labute approximate surface area is 95.5 Å². The van der Waals surface area contributed by atoms with Gasteiger partial charge in [-0.05, 0) is 30.5 Å².